The van der Waals surface area contributed by atoms with Crippen LogP contribution >= 0.6 is 0 Å². The smallest absolute Gasteiger partial charge is 0.126 e. The second kappa shape index (κ2) is 7.82. The molecule has 0 bridgehead atoms. The Morgan fingerprint density at radius 2 is 2.05 bits per heavy atom. The molecule has 1 unspecified atom stereocenters. The largest absolute Gasteiger partial charge is 0.334 e. The number of hydrogen-bond acceptors (Lipinski definition) is 2. The number of imidazole rings is 1. The van der Waals surface area contributed by atoms with E-state index in [0.29, 0.717) is 6.04 Å². The minimum atomic E-state index is 0.428. The highest BCUT2D eigenvalue weighted by Gasteiger charge is 2.29. The van der Waals surface area contributed by atoms with Gasteiger partial charge in [-0.15, -0.1) is 0 Å². The van der Waals surface area contributed by atoms with Crippen molar-refractivity contribution in [1.82, 2.24) is 14.9 Å². The summed E-state index contributed by atoms with van der Waals surface area (Å²) in [4.78, 5) is 4.60. The second-order valence-corrected chi connectivity index (χ2v) is 6.26. The van der Waals surface area contributed by atoms with E-state index >= 15 is 0 Å². The summed E-state index contributed by atoms with van der Waals surface area (Å²) >= 11 is 0. The summed E-state index contributed by atoms with van der Waals surface area (Å²) in [6, 6.07) is 0.428. The number of hydrogen-bond donors (Lipinski definition) is 1. The molecule has 20 heavy (non-hydrogen) atoms. The van der Waals surface area contributed by atoms with Crippen LogP contribution in [-0.4, -0.2) is 16.6 Å². The molecule has 1 N–H and O–H groups in total. The molecule has 1 heterocycles. The summed E-state index contributed by atoms with van der Waals surface area (Å²) in [6.07, 6.45) is 13.8. The van der Waals surface area contributed by atoms with E-state index in [1.54, 1.807) is 0 Å². The molecule has 1 aromatic heterocycles. The van der Waals surface area contributed by atoms with Gasteiger partial charge in [0, 0.05) is 18.9 Å². The topological polar surface area (TPSA) is 29.9 Å². The first-order chi connectivity index (χ1) is 9.80. The van der Waals surface area contributed by atoms with Gasteiger partial charge in [-0.05, 0) is 38.6 Å². The van der Waals surface area contributed by atoms with E-state index in [1.807, 2.05) is 6.20 Å². The van der Waals surface area contributed by atoms with Crippen LogP contribution in [0, 0.1) is 11.8 Å². The zero-order valence-corrected chi connectivity index (χ0v) is 13.4. The average Bonchev–Trinajstić information content (AvgIpc) is 2.95. The molecule has 3 nitrogen and oxygen atoms in total. The Kier molecular flexibility index (Phi) is 6.08. The molecule has 0 spiro atoms. The summed E-state index contributed by atoms with van der Waals surface area (Å²) in [7, 11) is 2.09. The van der Waals surface area contributed by atoms with Crippen molar-refractivity contribution in [1.29, 1.82) is 0 Å². The van der Waals surface area contributed by atoms with Gasteiger partial charge >= 0.3 is 0 Å². The number of aryl methyl sites for hydroxylation is 1. The molecule has 0 amide bonds. The van der Waals surface area contributed by atoms with Crippen molar-refractivity contribution in [2.75, 3.05) is 7.05 Å². The van der Waals surface area contributed by atoms with Crippen LogP contribution < -0.4 is 5.32 Å². The van der Waals surface area contributed by atoms with Gasteiger partial charge < -0.3 is 9.88 Å². The molecule has 0 radical (unpaired) electrons. The van der Waals surface area contributed by atoms with Crippen molar-refractivity contribution >= 4 is 0 Å². The van der Waals surface area contributed by atoms with E-state index < -0.39 is 0 Å². The Labute approximate surface area is 124 Å². The monoisotopic (exact) mass is 277 g/mol. The molecular weight excluding hydrogens is 246 g/mol. The fraction of sp³-hybridized carbons (Fsp3) is 0.824. The van der Waals surface area contributed by atoms with E-state index in [0.717, 1.165) is 18.4 Å². The maximum absolute atomic E-state index is 4.60. The van der Waals surface area contributed by atoms with Gasteiger partial charge in [-0.3, -0.25) is 0 Å². The Hall–Kier alpha value is -0.830. The molecule has 1 saturated carbocycles. The molecule has 0 aromatic carbocycles. The van der Waals surface area contributed by atoms with E-state index in [4.69, 9.17) is 0 Å². The van der Waals surface area contributed by atoms with Gasteiger partial charge in [-0.1, -0.05) is 39.0 Å². The Morgan fingerprint density at radius 1 is 1.30 bits per heavy atom. The van der Waals surface area contributed by atoms with E-state index in [9.17, 15) is 0 Å². The minimum absolute atomic E-state index is 0.428. The molecule has 3 heteroatoms. The summed E-state index contributed by atoms with van der Waals surface area (Å²) in [6.45, 7) is 5.51. The molecular formula is C17H31N3. The van der Waals surface area contributed by atoms with Gasteiger partial charge in [0.15, 0.2) is 0 Å². The molecule has 1 aliphatic rings. The zero-order chi connectivity index (χ0) is 14.4. The Balaban J connectivity index is 1.93. The quantitative estimate of drug-likeness (QED) is 0.811. The molecule has 0 saturated heterocycles. The number of rotatable bonds is 7. The lowest BCUT2D eigenvalue weighted by Crippen LogP contribution is -2.31. The summed E-state index contributed by atoms with van der Waals surface area (Å²) < 4.78 is 2.28. The van der Waals surface area contributed by atoms with Crippen LogP contribution in [0.3, 0.4) is 0 Å². The third kappa shape index (κ3) is 3.63. The van der Waals surface area contributed by atoms with Gasteiger partial charge in [-0.2, -0.15) is 0 Å². The molecule has 2 rings (SSSR count). The standard InChI is InChI=1S/C17H31N3/c1-4-6-7-14-8-10-15(11-9-14)16(18-3)17-19-12-13-20(17)5-2/h12-16,18H,4-11H2,1-3H3. The van der Waals surface area contributed by atoms with Gasteiger partial charge in [0.05, 0.1) is 6.04 Å². The third-order valence-electron chi connectivity index (χ3n) is 5.01. The van der Waals surface area contributed by atoms with Crippen molar-refractivity contribution in [2.45, 2.75) is 71.4 Å². The Bertz CT molecular complexity index is 377. The zero-order valence-electron chi connectivity index (χ0n) is 13.4. The predicted octanol–water partition coefficient (Wildman–Crippen LogP) is 4.16. The van der Waals surface area contributed by atoms with E-state index in [2.05, 4.69) is 42.0 Å². The molecule has 114 valence electrons. The molecule has 0 aliphatic heterocycles. The van der Waals surface area contributed by atoms with Crippen LogP contribution in [0.15, 0.2) is 12.4 Å². The summed E-state index contributed by atoms with van der Waals surface area (Å²) in [5.74, 6) is 2.97. The van der Waals surface area contributed by atoms with Gasteiger partial charge in [0.25, 0.3) is 0 Å². The highest BCUT2D eigenvalue weighted by molar-refractivity contribution is 5.02. The van der Waals surface area contributed by atoms with Gasteiger partial charge in [-0.25, -0.2) is 4.98 Å². The number of nitrogens with one attached hydrogen (secondary N) is 1. The van der Waals surface area contributed by atoms with E-state index in [-0.39, 0.29) is 0 Å². The van der Waals surface area contributed by atoms with Gasteiger partial charge in [0.1, 0.15) is 5.82 Å². The highest BCUT2D eigenvalue weighted by atomic mass is 15.1. The minimum Gasteiger partial charge on any atom is -0.334 e. The lowest BCUT2D eigenvalue weighted by Gasteiger charge is -2.33. The van der Waals surface area contributed by atoms with Crippen molar-refractivity contribution < 1.29 is 0 Å². The molecule has 1 aliphatic carbocycles. The molecule has 1 aromatic rings. The summed E-state index contributed by atoms with van der Waals surface area (Å²) in [5.41, 5.74) is 0. The first-order valence-corrected chi connectivity index (χ1v) is 8.48. The summed E-state index contributed by atoms with van der Waals surface area (Å²) in [5, 5.41) is 3.52. The lowest BCUT2D eigenvalue weighted by molar-refractivity contribution is 0.211. The number of unbranched alkanes of at least 4 members (excludes halogenated alkanes) is 1. The van der Waals surface area contributed by atoms with Crippen LogP contribution in [0.4, 0.5) is 0 Å². The van der Waals surface area contributed by atoms with Crippen molar-refractivity contribution in [3.8, 4) is 0 Å². The van der Waals surface area contributed by atoms with E-state index in [1.165, 1.54) is 50.8 Å². The SMILES string of the molecule is CCCCC1CCC(C(NC)c2nccn2CC)CC1. The van der Waals surface area contributed by atoms with Gasteiger partial charge in [0.2, 0.25) is 0 Å². The average molecular weight is 277 g/mol. The fourth-order valence-electron chi connectivity index (χ4n) is 3.75. The highest BCUT2D eigenvalue weighted by Crippen LogP contribution is 2.38. The van der Waals surface area contributed by atoms with Crippen LogP contribution in [0.1, 0.15) is 70.7 Å². The second-order valence-electron chi connectivity index (χ2n) is 6.26. The predicted molar refractivity (Wildman–Crippen MR) is 84.7 cm³/mol. The van der Waals surface area contributed by atoms with Crippen LogP contribution in [0.5, 0.6) is 0 Å². The van der Waals surface area contributed by atoms with Crippen LogP contribution in [0.2, 0.25) is 0 Å². The molecule has 1 fully saturated rings. The van der Waals surface area contributed by atoms with Crippen molar-refractivity contribution in [3.63, 3.8) is 0 Å². The first kappa shape index (κ1) is 15.6. The Morgan fingerprint density at radius 3 is 2.65 bits per heavy atom. The first-order valence-electron chi connectivity index (χ1n) is 8.48. The normalized spacial score (nSPS) is 24.8. The lowest BCUT2D eigenvalue weighted by atomic mass is 9.76. The third-order valence-corrected chi connectivity index (χ3v) is 5.01. The van der Waals surface area contributed by atoms with Crippen LogP contribution in [0.25, 0.3) is 0 Å². The van der Waals surface area contributed by atoms with Crippen molar-refractivity contribution in [2.24, 2.45) is 11.8 Å². The number of nitrogens with zero attached hydrogens (tertiary/aromatic N) is 2. The molecule has 1 atom stereocenters. The van der Waals surface area contributed by atoms with Crippen LogP contribution in [-0.2, 0) is 6.54 Å². The maximum Gasteiger partial charge on any atom is 0.126 e. The fourth-order valence-corrected chi connectivity index (χ4v) is 3.75. The van der Waals surface area contributed by atoms with Crippen molar-refractivity contribution in [3.05, 3.63) is 18.2 Å². The maximum atomic E-state index is 4.60. The number of aromatic nitrogens is 2.